The van der Waals surface area contributed by atoms with Crippen LogP contribution in [0.2, 0.25) is 0 Å². The van der Waals surface area contributed by atoms with Crippen molar-refractivity contribution in [2.24, 2.45) is 11.3 Å². The van der Waals surface area contributed by atoms with Crippen LogP contribution in [0.5, 0.6) is 0 Å². The zero-order valence-electron chi connectivity index (χ0n) is 10.2. The van der Waals surface area contributed by atoms with Crippen molar-refractivity contribution in [3.8, 4) is 0 Å². The van der Waals surface area contributed by atoms with E-state index >= 15 is 0 Å². The zero-order chi connectivity index (χ0) is 11.3. The Morgan fingerprint density at radius 2 is 1.80 bits per heavy atom. The van der Waals surface area contributed by atoms with Crippen molar-refractivity contribution in [1.29, 1.82) is 0 Å². The average Bonchev–Trinajstić information content (AvgIpc) is 2.17. The van der Waals surface area contributed by atoms with Crippen LogP contribution < -0.4 is 0 Å². The molecule has 0 bridgehead atoms. The highest BCUT2D eigenvalue weighted by Gasteiger charge is 2.23. The molecule has 1 aromatic rings. The maximum Gasteiger partial charge on any atom is -0.0242 e. The van der Waals surface area contributed by atoms with Crippen LogP contribution >= 0.6 is 0 Å². The SMILES string of the molecule is C=CCC(Cc1ccccc1)C(C)(C)C. The van der Waals surface area contributed by atoms with Crippen molar-refractivity contribution >= 4 is 0 Å². The van der Waals surface area contributed by atoms with Crippen LogP contribution in [0.25, 0.3) is 0 Å². The molecule has 0 fully saturated rings. The van der Waals surface area contributed by atoms with Gasteiger partial charge < -0.3 is 0 Å². The first-order valence-corrected chi connectivity index (χ1v) is 5.69. The summed E-state index contributed by atoms with van der Waals surface area (Å²) in [6, 6.07) is 10.7. The second kappa shape index (κ2) is 5.16. The quantitative estimate of drug-likeness (QED) is 0.632. The van der Waals surface area contributed by atoms with E-state index in [0.29, 0.717) is 11.3 Å². The summed E-state index contributed by atoms with van der Waals surface area (Å²) in [5.74, 6) is 0.678. The molecule has 0 heteroatoms. The minimum absolute atomic E-state index is 0.351. The molecule has 1 atom stereocenters. The minimum Gasteiger partial charge on any atom is -0.103 e. The highest BCUT2D eigenvalue weighted by molar-refractivity contribution is 5.15. The predicted molar refractivity (Wildman–Crippen MR) is 67.9 cm³/mol. The first-order valence-electron chi connectivity index (χ1n) is 5.69. The van der Waals surface area contributed by atoms with E-state index in [2.05, 4.69) is 57.7 Å². The van der Waals surface area contributed by atoms with Crippen LogP contribution in [0.3, 0.4) is 0 Å². The van der Waals surface area contributed by atoms with Gasteiger partial charge in [0.1, 0.15) is 0 Å². The van der Waals surface area contributed by atoms with Gasteiger partial charge in [-0.05, 0) is 29.7 Å². The largest absolute Gasteiger partial charge is 0.103 e. The molecule has 1 aromatic carbocycles. The van der Waals surface area contributed by atoms with Gasteiger partial charge in [-0.2, -0.15) is 0 Å². The van der Waals surface area contributed by atoms with Gasteiger partial charge in [0, 0.05) is 0 Å². The molecule has 0 aromatic heterocycles. The topological polar surface area (TPSA) is 0 Å². The molecule has 0 aliphatic rings. The first-order chi connectivity index (χ1) is 7.04. The Kier molecular flexibility index (Phi) is 4.14. The van der Waals surface area contributed by atoms with Gasteiger partial charge in [0.05, 0.1) is 0 Å². The highest BCUT2D eigenvalue weighted by Crippen LogP contribution is 2.31. The molecule has 0 aliphatic carbocycles. The van der Waals surface area contributed by atoms with Crippen LogP contribution in [0.15, 0.2) is 43.0 Å². The third-order valence-corrected chi connectivity index (χ3v) is 3.00. The standard InChI is InChI=1S/C15H22/c1-5-9-14(15(2,3)4)12-13-10-7-6-8-11-13/h5-8,10-11,14H,1,9,12H2,2-4H3. The summed E-state index contributed by atoms with van der Waals surface area (Å²) in [6.45, 7) is 10.8. The minimum atomic E-state index is 0.351. The Morgan fingerprint density at radius 1 is 1.20 bits per heavy atom. The fourth-order valence-electron chi connectivity index (χ4n) is 1.84. The van der Waals surface area contributed by atoms with Crippen LogP contribution in [0.4, 0.5) is 0 Å². The van der Waals surface area contributed by atoms with Crippen LogP contribution in [-0.4, -0.2) is 0 Å². The summed E-state index contributed by atoms with van der Waals surface area (Å²) in [5, 5.41) is 0. The monoisotopic (exact) mass is 202 g/mol. The van der Waals surface area contributed by atoms with Gasteiger partial charge in [0.15, 0.2) is 0 Å². The molecule has 0 saturated heterocycles. The Labute approximate surface area is 94.0 Å². The van der Waals surface area contributed by atoms with Gasteiger partial charge in [0.25, 0.3) is 0 Å². The molecule has 0 aliphatic heterocycles. The molecule has 0 heterocycles. The van der Waals surface area contributed by atoms with E-state index in [1.165, 1.54) is 5.56 Å². The van der Waals surface area contributed by atoms with E-state index in [4.69, 9.17) is 0 Å². The Morgan fingerprint density at radius 3 is 2.27 bits per heavy atom. The summed E-state index contributed by atoms with van der Waals surface area (Å²) < 4.78 is 0. The van der Waals surface area contributed by atoms with Crippen LogP contribution in [0, 0.1) is 11.3 Å². The van der Waals surface area contributed by atoms with E-state index in [1.807, 2.05) is 6.08 Å². The Bertz CT molecular complexity index is 290. The summed E-state index contributed by atoms with van der Waals surface area (Å²) in [6.07, 6.45) is 4.29. The fraction of sp³-hybridized carbons (Fsp3) is 0.467. The number of benzene rings is 1. The molecule has 1 unspecified atom stereocenters. The molecule has 0 N–H and O–H groups in total. The Hall–Kier alpha value is -1.04. The van der Waals surface area contributed by atoms with E-state index < -0.39 is 0 Å². The second-order valence-corrected chi connectivity index (χ2v) is 5.28. The van der Waals surface area contributed by atoms with E-state index in [0.717, 1.165) is 12.8 Å². The van der Waals surface area contributed by atoms with Crippen molar-refractivity contribution in [2.75, 3.05) is 0 Å². The smallest absolute Gasteiger partial charge is 0.0242 e. The van der Waals surface area contributed by atoms with E-state index in [9.17, 15) is 0 Å². The molecular formula is C15H22. The number of allylic oxidation sites excluding steroid dienone is 1. The first kappa shape index (κ1) is 12.0. The number of rotatable bonds is 4. The summed E-state index contributed by atoms with van der Waals surface area (Å²) in [4.78, 5) is 0. The lowest BCUT2D eigenvalue weighted by atomic mass is 9.75. The third-order valence-electron chi connectivity index (χ3n) is 3.00. The molecule has 1 rings (SSSR count). The molecule has 15 heavy (non-hydrogen) atoms. The lowest BCUT2D eigenvalue weighted by molar-refractivity contribution is 0.240. The summed E-state index contributed by atoms with van der Waals surface area (Å²) in [7, 11) is 0. The molecule has 0 spiro atoms. The van der Waals surface area contributed by atoms with Crippen LogP contribution in [-0.2, 0) is 6.42 Å². The Balaban J connectivity index is 2.71. The van der Waals surface area contributed by atoms with E-state index in [1.54, 1.807) is 0 Å². The zero-order valence-corrected chi connectivity index (χ0v) is 10.2. The maximum absolute atomic E-state index is 3.86. The maximum atomic E-state index is 3.86. The van der Waals surface area contributed by atoms with Gasteiger partial charge in [-0.3, -0.25) is 0 Å². The lowest BCUT2D eigenvalue weighted by Crippen LogP contribution is -2.22. The molecule has 82 valence electrons. The van der Waals surface area contributed by atoms with Crippen molar-refractivity contribution in [3.05, 3.63) is 48.6 Å². The fourth-order valence-corrected chi connectivity index (χ4v) is 1.84. The summed E-state index contributed by atoms with van der Waals surface area (Å²) in [5.41, 5.74) is 1.78. The van der Waals surface area contributed by atoms with Gasteiger partial charge in [-0.1, -0.05) is 57.2 Å². The second-order valence-electron chi connectivity index (χ2n) is 5.28. The summed E-state index contributed by atoms with van der Waals surface area (Å²) >= 11 is 0. The van der Waals surface area contributed by atoms with Crippen LogP contribution in [0.1, 0.15) is 32.8 Å². The van der Waals surface area contributed by atoms with Crippen molar-refractivity contribution in [3.63, 3.8) is 0 Å². The predicted octanol–water partition coefficient (Wildman–Crippen LogP) is 4.47. The molecule has 0 radical (unpaired) electrons. The normalized spacial score (nSPS) is 13.5. The lowest BCUT2D eigenvalue weighted by Gasteiger charge is -2.30. The van der Waals surface area contributed by atoms with Crippen molar-refractivity contribution < 1.29 is 0 Å². The molecule has 0 saturated carbocycles. The molecule has 0 nitrogen and oxygen atoms in total. The molecule has 0 amide bonds. The number of hydrogen-bond acceptors (Lipinski definition) is 0. The average molecular weight is 202 g/mol. The third kappa shape index (κ3) is 3.91. The van der Waals surface area contributed by atoms with Gasteiger partial charge in [-0.25, -0.2) is 0 Å². The van der Waals surface area contributed by atoms with Gasteiger partial charge >= 0.3 is 0 Å². The van der Waals surface area contributed by atoms with Crippen molar-refractivity contribution in [2.45, 2.75) is 33.6 Å². The van der Waals surface area contributed by atoms with E-state index in [-0.39, 0.29) is 0 Å². The van der Waals surface area contributed by atoms with Gasteiger partial charge in [-0.15, -0.1) is 6.58 Å². The highest BCUT2D eigenvalue weighted by atomic mass is 14.3. The number of hydrogen-bond donors (Lipinski definition) is 0. The van der Waals surface area contributed by atoms with Gasteiger partial charge in [0.2, 0.25) is 0 Å². The molecular weight excluding hydrogens is 180 g/mol. The van der Waals surface area contributed by atoms with Crippen molar-refractivity contribution in [1.82, 2.24) is 0 Å².